The first kappa shape index (κ1) is 59.4. The van der Waals surface area contributed by atoms with Gasteiger partial charge in [-0.3, -0.25) is 24.2 Å². The third-order valence-electron chi connectivity index (χ3n) is 15.4. The Kier molecular flexibility index (Phi) is 21.4. The van der Waals surface area contributed by atoms with Gasteiger partial charge in [0.25, 0.3) is 0 Å². The summed E-state index contributed by atoms with van der Waals surface area (Å²) in [5, 5.41) is 19.9. The van der Waals surface area contributed by atoms with E-state index in [0.717, 1.165) is 134 Å². The van der Waals surface area contributed by atoms with Gasteiger partial charge >= 0.3 is 0 Å². The van der Waals surface area contributed by atoms with Gasteiger partial charge in [0.15, 0.2) is 0 Å². The smallest absolute Gasteiger partial charge is 0.246 e. The number of aromatic nitrogens is 3. The van der Waals surface area contributed by atoms with Crippen LogP contribution in [0.2, 0.25) is 0 Å². The molecule has 3 saturated heterocycles. The Hall–Kier alpha value is -6.20. The minimum atomic E-state index is -0.922. The molecule has 4 aliphatic heterocycles. The number of rotatable bonds is 19. The highest BCUT2D eigenvalue weighted by Crippen LogP contribution is 2.30. The molecule has 4 N–H and O–H groups in total. The number of β-amino-alcohol motifs (C(OH)–C–C–N with tert-alkyl or cyclic N) is 1. The van der Waals surface area contributed by atoms with E-state index in [2.05, 4.69) is 63.7 Å². The number of aryl methyl sites for hydroxylation is 1. The van der Waals surface area contributed by atoms with Crippen LogP contribution in [0.1, 0.15) is 56.0 Å². The molecule has 434 valence electrons. The lowest BCUT2D eigenvalue weighted by atomic mass is 9.85. The first-order valence-electron chi connectivity index (χ1n) is 28.6. The summed E-state index contributed by atoms with van der Waals surface area (Å²) in [5.74, 6) is 0.178. The summed E-state index contributed by atoms with van der Waals surface area (Å²) in [6, 6.07) is 22.4. The number of anilines is 2. The molecule has 9 rings (SSSR count). The van der Waals surface area contributed by atoms with Crippen LogP contribution in [0.25, 0.3) is 21.7 Å². The lowest BCUT2D eigenvalue weighted by Gasteiger charge is -2.36. The number of piperazine rings is 2. The summed E-state index contributed by atoms with van der Waals surface area (Å²) < 4.78 is 24.2. The van der Waals surface area contributed by atoms with E-state index in [1.807, 2.05) is 100.0 Å². The second kappa shape index (κ2) is 29.2. The zero-order chi connectivity index (χ0) is 56.6. The molecule has 5 aromatic rings. The topological polar surface area (TPSA) is 199 Å². The molecule has 0 radical (unpaired) electrons. The predicted octanol–water partition coefficient (Wildman–Crippen LogP) is 5.75. The molecule has 0 spiro atoms. The van der Waals surface area contributed by atoms with E-state index in [1.165, 1.54) is 4.90 Å². The molecule has 4 aliphatic rings. The van der Waals surface area contributed by atoms with Gasteiger partial charge in [-0.2, -0.15) is 0 Å². The van der Waals surface area contributed by atoms with E-state index < -0.39 is 35.4 Å². The van der Waals surface area contributed by atoms with Crippen LogP contribution in [0.15, 0.2) is 96.7 Å². The number of ether oxygens (including phenoxy) is 4. The summed E-state index contributed by atoms with van der Waals surface area (Å²) in [6.45, 7) is 22.2. The van der Waals surface area contributed by atoms with Crippen molar-refractivity contribution >= 4 is 40.7 Å². The van der Waals surface area contributed by atoms with Crippen LogP contribution in [-0.2, 0) is 48.4 Å². The summed E-state index contributed by atoms with van der Waals surface area (Å²) in [5.41, 5.74) is 8.84. The van der Waals surface area contributed by atoms with Crippen molar-refractivity contribution in [3.05, 3.63) is 119 Å². The Morgan fingerprint density at radius 3 is 2.20 bits per heavy atom. The first-order valence-corrected chi connectivity index (χ1v) is 29.5. The number of fused-ring (bicyclic) bond motifs is 7. The van der Waals surface area contributed by atoms with Crippen molar-refractivity contribution in [3.63, 3.8) is 0 Å². The molecular weight excluding hydrogens is 1050 g/mol. The van der Waals surface area contributed by atoms with Crippen molar-refractivity contribution in [1.82, 2.24) is 50.1 Å². The minimum Gasteiger partial charge on any atom is -0.492 e. The first-order chi connectivity index (χ1) is 39.3. The Bertz CT molecular complexity index is 2870. The summed E-state index contributed by atoms with van der Waals surface area (Å²) >= 11 is 1.58. The Labute approximate surface area is 481 Å². The predicted molar refractivity (Wildman–Crippen MR) is 314 cm³/mol. The second-order valence-electron chi connectivity index (χ2n) is 22.5. The molecule has 3 atom stereocenters. The molecule has 0 unspecified atom stereocenters. The molecule has 81 heavy (non-hydrogen) atoms. The van der Waals surface area contributed by atoms with Gasteiger partial charge in [-0.1, -0.05) is 75.4 Å². The quantitative estimate of drug-likeness (QED) is 0.0575. The number of hydrogen-bond acceptors (Lipinski definition) is 17. The fraction of sp³-hybridized carbons (Fsp3) is 0.508. The van der Waals surface area contributed by atoms with Gasteiger partial charge in [-0.25, -0.2) is 15.0 Å². The van der Waals surface area contributed by atoms with Crippen LogP contribution >= 0.6 is 11.3 Å². The van der Waals surface area contributed by atoms with E-state index in [4.69, 9.17) is 23.9 Å². The summed E-state index contributed by atoms with van der Waals surface area (Å²) in [4.78, 5) is 67.0. The molecule has 6 bridgehead atoms. The van der Waals surface area contributed by atoms with Crippen molar-refractivity contribution in [2.45, 2.75) is 78.5 Å². The maximum Gasteiger partial charge on any atom is 0.246 e. The van der Waals surface area contributed by atoms with Gasteiger partial charge in [0.2, 0.25) is 23.7 Å². The van der Waals surface area contributed by atoms with Crippen molar-refractivity contribution in [1.29, 1.82) is 0 Å². The Balaban J connectivity index is 0.634. The average molecular weight is 1130 g/mol. The largest absolute Gasteiger partial charge is 0.492 e. The maximum atomic E-state index is 14.1. The molecule has 3 amide bonds. The highest BCUT2D eigenvalue weighted by Gasteiger charge is 2.44. The fourth-order valence-electron chi connectivity index (χ4n) is 10.7. The van der Waals surface area contributed by atoms with E-state index in [1.54, 1.807) is 17.5 Å². The van der Waals surface area contributed by atoms with Gasteiger partial charge in [0.1, 0.15) is 31.0 Å². The number of aliphatic hydroxyl groups is 1. The molecule has 6 heterocycles. The molecular formula is C61H81N11O8S. The van der Waals surface area contributed by atoms with Crippen LogP contribution < -0.4 is 20.7 Å². The van der Waals surface area contributed by atoms with Gasteiger partial charge in [-0.15, -0.1) is 11.3 Å². The number of carbonyl (C=O) groups is 3. The standard InChI is InChI=1S/C61H81N11O8S/c1-44-56(81-43-64-44)47-13-11-45(12-14-47)38-63-58(75)53-37-51(73)39-72(53)59(76)57(61(2,3)4)67-55(74)42-79-33-29-70-25-21-68(22-26-70)19-8-20-69-23-27-71(28-24-69)30-34-80-54-16-15-50-36-49(54)41-78-32-6-5-31-77-40-46-9-7-10-48(35-46)52-17-18-62-60(65-50)66-52/h5-7,9-18,35-36,43,51,53,57,73H,8,19-34,37-42H2,1-4H3,(H,63,75)(H,67,74)(H,62,65,66)/b6-5+/t51-,53+,57-/m1/s1. The molecule has 3 fully saturated rings. The molecule has 19 nitrogen and oxygen atoms in total. The van der Waals surface area contributed by atoms with Gasteiger partial charge < -0.3 is 54.7 Å². The monoisotopic (exact) mass is 1130 g/mol. The van der Waals surface area contributed by atoms with Crippen LogP contribution in [-0.4, -0.2) is 199 Å². The van der Waals surface area contributed by atoms with Crippen molar-refractivity contribution < 1.29 is 38.4 Å². The van der Waals surface area contributed by atoms with Crippen molar-refractivity contribution in [3.8, 4) is 27.4 Å². The van der Waals surface area contributed by atoms with E-state index in [-0.39, 0.29) is 32.0 Å². The zero-order valence-electron chi connectivity index (χ0n) is 47.5. The number of aliphatic hydroxyl groups excluding tert-OH is 1. The molecule has 0 saturated carbocycles. The third kappa shape index (κ3) is 17.4. The van der Waals surface area contributed by atoms with Gasteiger partial charge in [0, 0.05) is 108 Å². The van der Waals surface area contributed by atoms with Gasteiger partial charge in [-0.05, 0) is 78.9 Å². The Morgan fingerprint density at radius 1 is 0.815 bits per heavy atom. The van der Waals surface area contributed by atoms with E-state index >= 15 is 0 Å². The number of hydrogen-bond donors (Lipinski definition) is 4. The second-order valence-corrected chi connectivity index (χ2v) is 23.3. The van der Waals surface area contributed by atoms with Gasteiger partial charge in [0.05, 0.1) is 60.9 Å². The van der Waals surface area contributed by atoms with Crippen LogP contribution in [0.4, 0.5) is 11.6 Å². The normalized spacial score (nSPS) is 19.7. The average Bonchev–Trinajstić information content (AvgIpc) is 4.19. The van der Waals surface area contributed by atoms with Crippen LogP contribution in [0.3, 0.4) is 0 Å². The number of carbonyl (C=O) groups excluding carboxylic acids is 3. The number of nitrogens with one attached hydrogen (secondary N) is 3. The minimum absolute atomic E-state index is 0.0118. The summed E-state index contributed by atoms with van der Waals surface area (Å²) in [6.07, 6.45) is 6.15. The number of benzene rings is 3. The van der Waals surface area contributed by atoms with Crippen LogP contribution in [0, 0.1) is 12.3 Å². The van der Waals surface area contributed by atoms with Crippen molar-refractivity contribution in [2.24, 2.45) is 5.41 Å². The number of likely N-dealkylation sites (tertiary alicyclic amines) is 1. The van der Waals surface area contributed by atoms with E-state index in [9.17, 15) is 19.5 Å². The lowest BCUT2D eigenvalue weighted by molar-refractivity contribution is -0.144. The SMILES string of the molecule is Cc1ncsc1-c1ccc(CNC(=O)[C@@H]2C[C@@H](O)CN2C(=O)[C@@H](NC(=O)COCCN2CCN(CCCN3CCN(CCOc4ccc5cc4COC/C=C/COCc4cccc(c4)-c4ccnc(n4)N5)CC3)CC2)C(C)(C)C)cc1. The molecule has 2 aromatic heterocycles. The van der Waals surface area contributed by atoms with Crippen molar-refractivity contribution in [2.75, 3.05) is 123 Å². The van der Waals surface area contributed by atoms with E-state index in [0.29, 0.717) is 52.1 Å². The summed E-state index contributed by atoms with van der Waals surface area (Å²) in [7, 11) is 0. The Morgan fingerprint density at radius 2 is 1.51 bits per heavy atom. The zero-order valence-corrected chi connectivity index (χ0v) is 48.3. The maximum absolute atomic E-state index is 14.1. The third-order valence-corrected chi connectivity index (χ3v) is 16.3. The molecule has 0 aliphatic carbocycles. The highest BCUT2D eigenvalue weighted by atomic mass is 32.1. The number of nitrogens with zero attached hydrogens (tertiary/aromatic N) is 8. The lowest BCUT2D eigenvalue weighted by Crippen LogP contribution is -2.58. The number of amides is 3. The molecule has 20 heteroatoms. The number of thiazole rings is 1. The molecule has 3 aromatic carbocycles. The fourth-order valence-corrected chi connectivity index (χ4v) is 11.5. The highest BCUT2D eigenvalue weighted by molar-refractivity contribution is 7.13. The van der Waals surface area contributed by atoms with Crippen LogP contribution in [0.5, 0.6) is 5.75 Å².